The van der Waals surface area contributed by atoms with Crippen molar-refractivity contribution < 1.29 is 0 Å². The molecule has 3 rings (SSSR count). The van der Waals surface area contributed by atoms with E-state index in [1.54, 1.807) is 0 Å². The van der Waals surface area contributed by atoms with Crippen molar-refractivity contribution in [3.8, 4) is 11.1 Å². The van der Waals surface area contributed by atoms with E-state index in [2.05, 4.69) is 51.2 Å². The van der Waals surface area contributed by atoms with E-state index in [1.165, 1.54) is 11.1 Å². The first-order chi connectivity index (χ1) is 8.76. The number of nitrogens with zero attached hydrogens (tertiary/aromatic N) is 2. The number of imidazole rings is 1. The fourth-order valence-corrected chi connectivity index (χ4v) is 2.12. The summed E-state index contributed by atoms with van der Waals surface area (Å²) < 4.78 is 2.07. The molecule has 2 aromatic heterocycles. The van der Waals surface area contributed by atoms with Crippen molar-refractivity contribution in [1.29, 1.82) is 0 Å². The molecular formula is C15H15N3. The van der Waals surface area contributed by atoms with Crippen LogP contribution in [-0.4, -0.2) is 16.4 Å². The van der Waals surface area contributed by atoms with E-state index in [0.29, 0.717) is 0 Å². The first-order valence-corrected chi connectivity index (χ1v) is 6.00. The molecule has 1 N–H and O–H groups in total. The lowest BCUT2D eigenvalue weighted by Gasteiger charge is -2.04. The minimum Gasteiger partial charge on any atom is -0.388 e. The third kappa shape index (κ3) is 1.84. The molecule has 3 heteroatoms. The van der Waals surface area contributed by atoms with E-state index in [1.807, 2.05) is 26.2 Å². The van der Waals surface area contributed by atoms with Crippen LogP contribution in [0.3, 0.4) is 0 Å². The molecule has 0 spiro atoms. The van der Waals surface area contributed by atoms with Gasteiger partial charge in [0.05, 0.1) is 5.69 Å². The normalized spacial score (nSPS) is 10.8. The van der Waals surface area contributed by atoms with Gasteiger partial charge in [-0.25, -0.2) is 4.98 Å². The molecule has 0 radical (unpaired) electrons. The highest BCUT2D eigenvalue weighted by molar-refractivity contribution is 5.67. The number of anilines is 1. The van der Waals surface area contributed by atoms with Crippen LogP contribution in [0.25, 0.3) is 16.8 Å². The summed E-state index contributed by atoms with van der Waals surface area (Å²) in [7, 11) is 1.93. The lowest BCUT2D eigenvalue weighted by molar-refractivity contribution is 1.19. The van der Waals surface area contributed by atoms with E-state index < -0.39 is 0 Å². The third-order valence-corrected chi connectivity index (χ3v) is 3.08. The summed E-state index contributed by atoms with van der Waals surface area (Å²) >= 11 is 0. The van der Waals surface area contributed by atoms with Crippen LogP contribution < -0.4 is 5.32 Å². The standard InChI is InChI=1S/C15H15N3/c1-11-9-18-10-13(5-8-15(18)17-11)12-3-6-14(16-2)7-4-12/h3-10,16H,1-2H3. The predicted molar refractivity (Wildman–Crippen MR) is 74.9 cm³/mol. The average Bonchev–Trinajstić information content (AvgIpc) is 2.78. The number of hydrogen-bond acceptors (Lipinski definition) is 2. The van der Waals surface area contributed by atoms with Gasteiger partial charge in [-0.05, 0) is 42.3 Å². The van der Waals surface area contributed by atoms with Gasteiger partial charge in [0.25, 0.3) is 0 Å². The molecule has 0 amide bonds. The lowest BCUT2D eigenvalue weighted by atomic mass is 10.1. The van der Waals surface area contributed by atoms with E-state index in [-0.39, 0.29) is 0 Å². The number of benzene rings is 1. The van der Waals surface area contributed by atoms with Gasteiger partial charge < -0.3 is 9.72 Å². The third-order valence-electron chi connectivity index (χ3n) is 3.08. The summed E-state index contributed by atoms with van der Waals surface area (Å²) in [6, 6.07) is 12.6. The minimum absolute atomic E-state index is 0.989. The van der Waals surface area contributed by atoms with Gasteiger partial charge in [0.2, 0.25) is 0 Å². The van der Waals surface area contributed by atoms with Gasteiger partial charge in [-0.15, -0.1) is 0 Å². The number of hydrogen-bond donors (Lipinski definition) is 1. The smallest absolute Gasteiger partial charge is 0.136 e. The van der Waals surface area contributed by atoms with Gasteiger partial charge >= 0.3 is 0 Å². The Bertz CT molecular complexity index is 681. The lowest BCUT2D eigenvalue weighted by Crippen LogP contribution is -1.88. The van der Waals surface area contributed by atoms with Gasteiger partial charge in [-0.2, -0.15) is 0 Å². The topological polar surface area (TPSA) is 29.3 Å². The molecule has 3 nitrogen and oxygen atoms in total. The molecule has 0 bridgehead atoms. The number of rotatable bonds is 2. The molecule has 1 aromatic carbocycles. The Hall–Kier alpha value is -2.29. The van der Waals surface area contributed by atoms with Crippen LogP contribution >= 0.6 is 0 Å². The molecule has 3 aromatic rings. The number of aryl methyl sites for hydroxylation is 1. The largest absolute Gasteiger partial charge is 0.388 e. The van der Waals surface area contributed by atoms with Crippen molar-refractivity contribution in [2.45, 2.75) is 6.92 Å². The van der Waals surface area contributed by atoms with Crippen LogP contribution in [0, 0.1) is 6.92 Å². The Morgan fingerprint density at radius 2 is 1.67 bits per heavy atom. The number of pyridine rings is 1. The van der Waals surface area contributed by atoms with Gasteiger partial charge in [-0.1, -0.05) is 12.1 Å². The van der Waals surface area contributed by atoms with Crippen LogP contribution in [0.2, 0.25) is 0 Å². The zero-order valence-electron chi connectivity index (χ0n) is 10.5. The summed E-state index contributed by atoms with van der Waals surface area (Å²) in [6.07, 6.45) is 4.16. The van der Waals surface area contributed by atoms with Crippen molar-refractivity contribution in [2.24, 2.45) is 0 Å². The molecule has 0 aliphatic rings. The average molecular weight is 237 g/mol. The maximum atomic E-state index is 4.43. The molecular weight excluding hydrogens is 222 g/mol. The zero-order valence-corrected chi connectivity index (χ0v) is 10.5. The van der Waals surface area contributed by atoms with E-state index in [0.717, 1.165) is 17.0 Å². The SMILES string of the molecule is CNc1ccc(-c2ccc3nc(C)cn3c2)cc1. The Kier molecular flexibility index (Phi) is 2.52. The van der Waals surface area contributed by atoms with Gasteiger partial charge in [0, 0.05) is 25.1 Å². The Morgan fingerprint density at radius 1 is 0.944 bits per heavy atom. The van der Waals surface area contributed by atoms with Crippen molar-refractivity contribution in [3.63, 3.8) is 0 Å². The van der Waals surface area contributed by atoms with Crippen molar-refractivity contribution in [1.82, 2.24) is 9.38 Å². The highest BCUT2D eigenvalue weighted by Gasteiger charge is 2.01. The molecule has 0 aliphatic carbocycles. The summed E-state index contributed by atoms with van der Waals surface area (Å²) in [5.41, 5.74) is 5.56. The van der Waals surface area contributed by atoms with E-state index in [4.69, 9.17) is 0 Å². The van der Waals surface area contributed by atoms with Crippen molar-refractivity contribution in [2.75, 3.05) is 12.4 Å². The second-order valence-electron chi connectivity index (χ2n) is 4.39. The molecule has 2 heterocycles. The molecule has 0 fully saturated rings. The van der Waals surface area contributed by atoms with Crippen LogP contribution in [0.15, 0.2) is 48.8 Å². The molecule has 90 valence electrons. The first-order valence-electron chi connectivity index (χ1n) is 6.00. The van der Waals surface area contributed by atoms with Crippen molar-refractivity contribution >= 4 is 11.3 Å². The fourth-order valence-electron chi connectivity index (χ4n) is 2.12. The number of fused-ring (bicyclic) bond motifs is 1. The first kappa shape index (κ1) is 10.8. The van der Waals surface area contributed by atoms with Crippen LogP contribution in [-0.2, 0) is 0 Å². The van der Waals surface area contributed by atoms with Crippen LogP contribution in [0.1, 0.15) is 5.69 Å². The summed E-state index contributed by atoms with van der Waals surface area (Å²) in [4.78, 5) is 4.43. The minimum atomic E-state index is 0.989. The fraction of sp³-hybridized carbons (Fsp3) is 0.133. The molecule has 0 saturated carbocycles. The zero-order chi connectivity index (χ0) is 12.5. The maximum absolute atomic E-state index is 4.43. The van der Waals surface area contributed by atoms with Crippen LogP contribution in [0.4, 0.5) is 5.69 Å². The van der Waals surface area contributed by atoms with E-state index >= 15 is 0 Å². The summed E-state index contributed by atoms with van der Waals surface area (Å²) in [5, 5.41) is 3.12. The molecule has 0 unspecified atom stereocenters. The maximum Gasteiger partial charge on any atom is 0.136 e. The Morgan fingerprint density at radius 3 is 2.39 bits per heavy atom. The summed E-state index contributed by atoms with van der Waals surface area (Å²) in [6.45, 7) is 2.01. The van der Waals surface area contributed by atoms with E-state index in [9.17, 15) is 0 Å². The predicted octanol–water partition coefficient (Wildman–Crippen LogP) is 3.35. The monoisotopic (exact) mass is 237 g/mol. The number of nitrogens with one attached hydrogen (secondary N) is 1. The molecule has 0 saturated heterocycles. The highest BCUT2D eigenvalue weighted by atomic mass is 15.0. The van der Waals surface area contributed by atoms with Crippen molar-refractivity contribution in [3.05, 3.63) is 54.5 Å². The quantitative estimate of drug-likeness (QED) is 0.740. The molecule has 18 heavy (non-hydrogen) atoms. The van der Waals surface area contributed by atoms with Gasteiger partial charge in [0.1, 0.15) is 5.65 Å². The summed E-state index contributed by atoms with van der Waals surface area (Å²) in [5.74, 6) is 0. The Labute approximate surface area is 106 Å². The van der Waals surface area contributed by atoms with Gasteiger partial charge in [-0.3, -0.25) is 0 Å². The van der Waals surface area contributed by atoms with Gasteiger partial charge in [0.15, 0.2) is 0 Å². The second kappa shape index (κ2) is 4.18. The van der Waals surface area contributed by atoms with Crippen LogP contribution in [0.5, 0.6) is 0 Å². The highest BCUT2D eigenvalue weighted by Crippen LogP contribution is 2.22. The molecule has 0 aliphatic heterocycles. The second-order valence-corrected chi connectivity index (χ2v) is 4.39. The molecule has 0 atom stereocenters. The number of aromatic nitrogens is 2. The Balaban J connectivity index is 2.06.